The molecule has 0 aliphatic carbocycles. The Morgan fingerprint density at radius 3 is 2.84 bits per heavy atom. The van der Waals surface area contributed by atoms with Crippen molar-refractivity contribution in [1.82, 2.24) is 9.71 Å². The van der Waals surface area contributed by atoms with E-state index in [0.29, 0.717) is 6.42 Å². The number of hydrogen-bond donors (Lipinski definition) is 1. The van der Waals surface area contributed by atoms with Crippen molar-refractivity contribution in [2.24, 2.45) is 5.92 Å². The minimum atomic E-state index is -3.83. The summed E-state index contributed by atoms with van der Waals surface area (Å²) in [6, 6.07) is 2.92. The average Bonchev–Trinajstić information content (AvgIpc) is 3.01. The first-order valence-electron chi connectivity index (χ1n) is 6.18. The van der Waals surface area contributed by atoms with Gasteiger partial charge < -0.3 is 4.74 Å². The van der Waals surface area contributed by atoms with Crippen molar-refractivity contribution in [1.29, 1.82) is 0 Å². The van der Waals surface area contributed by atoms with Gasteiger partial charge in [-0.25, -0.2) is 13.1 Å². The number of pyridine rings is 1. The van der Waals surface area contributed by atoms with Crippen LogP contribution in [0.15, 0.2) is 29.4 Å². The number of nitrogens with one attached hydrogen (secondary N) is 1. The maximum Gasteiger partial charge on any atom is 0.265 e. The van der Waals surface area contributed by atoms with Crippen molar-refractivity contribution in [3.63, 3.8) is 0 Å². The molecule has 3 atom stereocenters. The number of carbonyl (C=O) groups excluding carboxylic acids is 1. The summed E-state index contributed by atoms with van der Waals surface area (Å²) in [5.74, 6) is -0.832. The Balaban J connectivity index is 1.73. The standard InChI is InChI=1S/C12H14N2O4S/c15-12(10-6-8-3-4-11(10)18-8)14-19(16,17)9-2-1-5-13-7-9/h1-2,5,7-8,10-11H,3-4,6H2,(H,14,15)/t8-,10+,11-/m1/s1. The fraction of sp³-hybridized carbons (Fsp3) is 0.500. The van der Waals surface area contributed by atoms with Crippen molar-refractivity contribution < 1.29 is 17.9 Å². The number of hydrogen-bond acceptors (Lipinski definition) is 5. The van der Waals surface area contributed by atoms with Gasteiger partial charge in [0.25, 0.3) is 10.0 Å². The molecule has 19 heavy (non-hydrogen) atoms. The summed E-state index contributed by atoms with van der Waals surface area (Å²) < 4.78 is 31.7. The molecule has 7 heteroatoms. The van der Waals surface area contributed by atoms with Crippen molar-refractivity contribution in [3.8, 4) is 0 Å². The van der Waals surface area contributed by atoms with Gasteiger partial charge in [0.2, 0.25) is 5.91 Å². The monoisotopic (exact) mass is 282 g/mol. The molecule has 2 bridgehead atoms. The predicted molar refractivity (Wildman–Crippen MR) is 65.6 cm³/mol. The first-order valence-corrected chi connectivity index (χ1v) is 7.67. The highest BCUT2D eigenvalue weighted by Gasteiger charge is 2.45. The fourth-order valence-electron chi connectivity index (χ4n) is 2.69. The van der Waals surface area contributed by atoms with Gasteiger partial charge in [0.1, 0.15) is 4.90 Å². The lowest BCUT2D eigenvalue weighted by Crippen LogP contribution is -2.39. The maximum absolute atomic E-state index is 12.0. The molecule has 0 spiro atoms. The molecule has 6 nitrogen and oxygen atoms in total. The second-order valence-corrected chi connectivity index (χ2v) is 6.56. The first-order chi connectivity index (χ1) is 9.06. The topological polar surface area (TPSA) is 85.4 Å². The van der Waals surface area contributed by atoms with Gasteiger partial charge in [0, 0.05) is 12.4 Å². The van der Waals surface area contributed by atoms with E-state index in [4.69, 9.17) is 4.74 Å². The molecule has 0 unspecified atom stereocenters. The molecule has 1 N–H and O–H groups in total. The number of sulfonamides is 1. The Labute approximate surface area is 111 Å². The fourth-order valence-corrected chi connectivity index (χ4v) is 3.68. The molecule has 1 aromatic rings. The van der Waals surface area contributed by atoms with Crippen LogP contribution in [-0.2, 0) is 19.6 Å². The lowest BCUT2D eigenvalue weighted by molar-refractivity contribution is -0.124. The summed E-state index contributed by atoms with van der Waals surface area (Å²) in [7, 11) is -3.83. The van der Waals surface area contributed by atoms with Crippen LogP contribution in [0.2, 0.25) is 0 Å². The van der Waals surface area contributed by atoms with Gasteiger partial charge in [-0.2, -0.15) is 0 Å². The molecule has 2 aliphatic rings. The SMILES string of the molecule is O=C(NS(=O)(=O)c1cccnc1)[C@H]1C[C@H]2CC[C@H]1O2. The highest BCUT2D eigenvalue weighted by Crippen LogP contribution is 2.38. The third-order valence-electron chi connectivity index (χ3n) is 3.62. The smallest absolute Gasteiger partial charge is 0.265 e. The number of nitrogens with zero attached hydrogens (tertiary/aromatic N) is 1. The molecule has 1 amide bonds. The molecule has 0 aromatic carbocycles. The van der Waals surface area contributed by atoms with Crippen LogP contribution in [0.4, 0.5) is 0 Å². The summed E-state index contributed by atoms with van der Waals surface area (Å²) >= 11 is 0. The number of rotatable bonds is 3. The van der Waals surface area contributed by atoms with Crippen molar-refractivity contribution in [2.45, 2.75) is 36.4 Å². The highest BCUT2D eigenvalue weighted by atomic mass is 32.2. The van der Waals surface area contributed by atoms with Crippen LogP contribution in [0.5, 0.6) is 0 Å². The molecule has 3 rings (SSSR count). The molecule has 102 valence electrons. The van der Waals surface area contributed by atoms with Crippen molar-refractivity contribution in [2.75, 3.05) is 0 Å². The van der Waals surface area contributed by atoms with Gasteiger partial charge in [0.05, 0.1) is 18.1 Å². The van der Waals surface area contributed by atoms with E-state index < -0.39 is 15.9 Å². The molecule has 3 heterocycles. The molecular formula is C12H14N2O4S. The quantitative estimate of drug-likeness (QED) is 0.870. The summed E-state index contributed by atoms with van der Waals surface area (Å²) in [6.45, 7) is 0. The Morgan fingerprint density at radius 2 is 2.26 bits per heavy atom. The number of aromatic nitrogens is 1. The third kappa shape index (κ3) is 2.35. The Bertz CT molecular complexity index is 587. The summed E-state index contributed by atoms with van der Waals surface area (Å²) in [4.78, 5) is 15.8. The van der Waals surface area contributed by atoms with Crippen LogP contribution in [0.1, 0.15) is 19.3 Å². The second kappa shape index (κ2) is 4.57. The minimum Gasteiger partial charge on any atom is -0.374 e. The van der Waals surface area contributed by atoms with E-state index in [1.165, 1.54) is 24.5 Å². The van der Waals surface area contributed by atoms with E-state index in [1.54, 1.807) is 0 Å². The van der Waals surface area contributed by atoms with E-state index in [1.807, 2.05) is 0 Å². The van der Waals surface area contributed by atoms with Gasteiger partial charge >= 0.3 is 0 Å². The molecule has 2 saturated heterocycles. The van der Waals surface area contributed by atoms with Crippen LogP contribution in [0, 0.1) is 5.92 Å². The number of ether oxygens (including phenoxy) is 1. The van der Waals surface area contributed by atoms with Gasteiger partial charge in [-0.05, 0) is 31.4 Å². The average molecular weight is 282 g/mol. The first kappa shape index (κ1) is 12.6. The van der Waals surface area contributed by atoms with Crippen LogP contribution < -0.4 is 4.72 Å². The van der Waals surface area contributed by atoms with Crippen LogP contribution >= 0.6 is 0 Å². The van der Waals surface area contributed by atoms with Gasteiger partial charge in [0.15, 0.2) is 0 Å². The zero-order chi connectivity index (χ0) is 13.5. The predicted octanol–water partition coefficient (Wildman–Crippen LogP) is 0.454. The van der Waals surface area contributed by atoms with Crippen LogP contribution in [0.25, 0.3) is 0 Å². The van der Waals surface area contributed by atoms with E-state index in [-0.39, 0.29) is 23.0 Å². The van der Waals surface area contributed by atoms with Gasteiger partial charge in [-0.1, -0.05) is 0 Å². The Hall–Kier alpha value is -1.47. The second-order valence-electron chi connectivity index (χ2n) is 4.87. The summed E-state index contributed by atoms with van der Waals surface area (Å²) in [5.41, 5.74) is 0. The molecular weight excluding hydrogens is 268 g/mol. The van der Waals surface area contributed by atoms with Crippen molar-refractivity contribution >= 4 is 15.9 Å². The van der Waals surface area contributed by atoms with E-state index in [9.17, 15) is 13.2 Å². The normalized spacial score (nSPS) is 29.4. The maximum atomic E-state index is 12.0. The summed E-state index contributed by atoms with van der Waals surface area (Å²) in [5, 5.41) is 0. The molecule has 0 radical (unpaired) electrons. The van der Waals surface area contributed by atoms with Crippen LogP contribution in [0.3, 0.4) is 0 Å². The summed E-state index contributed by atoms with van der Waals surface area (Å²) in [6.07, 6.45) is 5.08. The zero-order valence-electron chi connectivity index (χ0n) is 10.2. The van der Waals surface area contributed by atoms with Gasteiger partial charge in [-0.15, -0.1) is 0 Å². The Kier molecular flexibility index (Phi) is 3.02. The highest BCUT2D eigenvalue weighted by molar-refractivity contribution is 7.90. The van der Waals surface area contributed by atoms with Crippen LogP contribution in [-0.4, -0.2) is 31.5 Å². The molecule has 1 aromatic heterocycles. The zero-order valence-corrected chi connectivity index (χ0v) is 11.0. The third-order valence-corrected chi connectivity index (χ3v) is 4.95. The van der Waals surface area contributed by atoms with E-state index in [0.717, 1.165) is 12.8 Å². The lowest BCUT2D eigenvalue weighted by Gasteiger charge is -2.17. The van der Waals surface area contributed by atoms with E-state index in [2.05, 4.69) is 9.71 Å². The number of fused-ring (bicyclic) bond motifs is 2. The molecule has 0 saturated carbocycles. The molecule has 2 aliphatic heterocycles. The van der Waals surface area contributed by atoms with E-state index >= 15 is 0 Å². The Morgan fingerprint density at radius 1 is 1.42 bits per heavy atom. The van der Waals surface area contributed by atoms with Gasteiger partial charge in [-0.3, -0.25) is 9.78 Å². The molecule has 2 fully saturated rings. The minimum absolute atomic E-state index is 0.00701. The van der Waals surface area contributed by atoms with Crippen molar-refractivity contribution in [3.05, 3.63) is 24.5 Å². The largest absolute Gasteiger partial charge is 0.374 e. The number of amides is 1. The number of carbonyl (C=O) groups is 1. The lowest BCUT2D eigenvalue weighted by atomic mass is 9.89.